The number of nitrogens with one attached hydrogen (secondary N) is 1. The van der Waals surface area contributed by atoms with E-state index in [9.17, 15) is 9.18 Å². The molecule has 2 aliphatic rings. The van der Waals surface area contributed by atoms with Crippen LogP contribution in [0.25, 0.3) is 11.1 Å². The van der Waals surface area contributed by atoms with E-state index in [1.54, 1.807) is 19.1 Å². The first-order chi connectivity index (χ1) is 14.9. The van der Waals surface area contributed by atoms with E-state index in [4.69, 9.17) is 9.15 Å². The van der Waals surface area contributed by atoms with Gasteiger partial charge < -0.3 is 19.4 Å². The van der Waals surface area contributed by atoms with Crippen molar-refractivity contribution in [1.29, 1.82) is 0 Å². The first-order valence-electron chi connectivity index (χ1n) is 10.7. The summed E-state index contributed by atoms with van der Waals surface area (Å²) in [4.78, 5) is 23.9. The third-order valence-corrected chi connectivity index (χ3v) is 6.14. The molecule has 162 valence electrons. The molecule has 1 aliphatic carbocycles. The maximum absolute atomic E-state index is 13.4. The van der Waals surface area contributed by atoms with E-state index in [1.807, 2.05) is 4.90 Å². The molecule has 3 aromatic rings. The van der Waals surface area contributed by atoms with Crippen molar-refractivity contribution in [2.24, 2.45) is 0 Å². The van der Waals surface area contributed by atoms with Gasteiger partial charge in [-0.2, -0.15) is 0 Å². The molecule has 1 amide bonds. The number of amides is 1. The van der Waals surface area contributed by atoms with Crippen LogP contribution in [0.15, 0.2) is 35.0 Å². The Hall–Kier alpha value is -3.16. The second-order valence-electron chi connectivity index (χ2n) is 8.68. The summed E-state index contributed by atoms with van der Waals surface area (Å²) in [6.07, 6.45) is 5.01. The largest absolute Gasteiger partial charge is 0.490 e. The van der Waals surface area contributed by atoms with Crippen molar-refractivity contribution in [3.63, 3.8) is 0 Å². The molecule has 1 saturated heterocycles. The van der Waals surface area contributed by atoms with Gasteiger partial charge in [-0.3, -0.25) is 4.79 Å². The average Bonchev–Trinajstić information content (AvgIpc) is 3.38. The molecule has 0 bridgehead atoms. The average molecular weight is 424 g/mol. The van der Waals surface area contributed by atoms with Gasteiger partial charge in [-0.1, -0.05) is 0 Å². The lowest BCUT2D eigenvalue weighted by Gasteiger charge is -2.32. The van der Waals surface area contributed by atoms with Crippen molar-refractivity contribution in [2.75, 3.05) is 18.4 Å². The van der Waals surface area contributed by atoms with Crippen LogP contribution in [0, 0.1) is 12.7 Å². The van der Waals surface area contributed by atoms with Gasteiger partial charge in [0, 0.05) is 31.5 Å². The first-order valence-corrected chi connectivity index (χ1v) is 10.7. The van der Waals surface area contributed by atoms with Crippen LogP contribution in [0.2, 0.25) is 0 Å². The number of carbonyl (C=O) groups excluding carboxylic acids is 1. The fourth-order valence-corrected chi connectivity index (χ4v) is 4.04. The Labute approximate surface area is 179 Å². The number of hydrogen-bond donors (Lipinski definition) is 1. The first kappa shape index (κ1) is 19.8. The number of ether oxygens (including phenoxy) is 1. The number of furan rings is 1. The standard InChI is InChI=1S/C23H25FN4O3/c1-14-18(19-20(27-23(2)9-10-23)25-13-26-21(19)30-14)22(29)28-11-7-17(8-12-28)31-16-5-3-15(24)4-6-16/h3-6,13,17H,7-12H2,1-2H3,(H,25,26,27). The zero-order chi connectivity index (χ0) is 21.6. The van der Waals surface area contributed by atoms with Crippen LogP contribution in [-0.2, 0) is 0 Å². The molecular formula is C23H25FN4O3. The number of likely N-dealkylation sites (tertiary alicyclic amines) is 1. The molecule has 1 saturated carbocycles. The summed E-state index contributed by atoms with van der Waals surface area (Å²) in [5.74, 6) is 1.48. The summed E-state index contributed by atoms with van der Waals surface area (Å²) in [6, 6.07) is 6.03. The van der Waals surface area contributed by atoms with Gasteiger partial charge in [0.2, 0.25) is 5.71 Å². The Kier molecular flexibility index (Phi) is 4.79. The molecule has 1 aromatic carbocycles. The van der Waals surface area contributed by atoms with Crippen molar-refractivity contribution in [3.8, 4) is 5.75 Å². The van der Waals surface area contributed by atoms with Gasteiger partial charge in [-0.15, -0.1) is 0 Å². The van der Waals surface area contributed by atoms with Gasteiger partial charge >= 0.3 is 0 Å². The Bertz CT molecular complexity index is 1120. The van der Waals surface area contributed by atoms with E-state index in [0.717, 1.165) is 12.8 Å². The molecular weight excluding hydrogens is 399 g/mol. The minimum atomic E-state index is -0.288. The molecule has 3 heterocycles. The molecule has 1 N–H and O–H groups in total. The zero-order valence-corrected chi connectivity index (χ0v) is 17.7. The van der Waals surface area contributed by atoms with Crippen LogP contribution < -0.4 is 10.1 Å². The van der Waals surface area contributed by atoms with Crippen molar-refractivity contribution in [3.05, 3.63) is 47.7 Å². The van der Waals surface area contributed by atoms with E-state index in [-0.39, 0.29) is 23.4 Å². The number of piperidine rings is 1. The number of anilines is 1. The lowest BCUT2D eigenvalue weighted by atomic mass is 10.0. The Morgan fingerprint density at radius 3 is 2.61 bits per heavy atom. The zero-order valence-electron chi connectivity index (χ0n) is 17.7. The molecule has 2 fully saturated rings. The predicted octanol–water partition coefficient (Wildman–Crippen LogP) is 4.32. The van der Waals surface area contributed by atoms with E-state index < -0.39 is 0 Å². The van der Waals surface area contributed by atoms with E-state index in [1.165, 1.54) is 18.5 Å². The normalized spacial score (nSPS) is 18.2. The number of aromatic nitrogens is 2. The van der Waals surface area contributed by atoms with E-state index in [0.29, 0.717) is 59.9 Å². The fourth-order valence-electron chi connectivity index (χ4n) is 4.04. The number of benzene rings is 1. The number of carbonyl (C=O) groups is 1. The highest BCUT2D eigenvalue weighted by Crippen LogP contribution is 2.40. The van der Waals surface area contributed by atoms with Gasteiger partial charge in [-0.25, -0.2) is 14.4 Å². The van der Waals surface area contributed by atoms with Crippen LogP contribution in [-0.4, -0.2) is 45.5 Å². The molecule has 0 atom stereocenters. The molecule has 0 spiro atoms. The van der Waals surface area contributed by atoms with E-state index in [2.05, 4.69) is 22.2 Å². The molecule has 7 nitrogen and oxygen atoms in total. The molecule has 8 heteroatoms. The highest BCUT2D eigenvalue weighted by molar-refractivity contribution is 6.10. The summed E-state index contributed by atoms with van der Waals surface area (Å²) in [5, 5.41) is 4.11. The second kappa shape index (κ2) is 7.51. The number of rotatable bonds is 5. The highest BCUT2D eigenvalue weighted by atomic mass is 19.1. The number of fused-ring (bicyclic) bond motifs is 1. The summed E-state index contributed by atoms with van der Waals surface area (Å²) in [7, 11) is 0. The highest BCUT2D eigenvalue weighted by Gasteiger charge is 2.39. The van der Waals surface area contributed by atoms with Crippen molar-refractivity contribution < 1.29 is 18.3 Å². The summed E-state index contributed by atoms with van der Waals surface area (Å²) < 4.78 is 24.8. The van der Waals surface area contributed by atoms with Gasteiger partial charge in [-0.05, 0) is 51.0 Å². The quantitative estimate of drug-likeness (QED) is 0.657. The Balaban J connectivity index is 1.32. The Morgan fingerprint density at radius 1 is 1.23 bits per heavy atom. The van der Waals surface area contributed by atoms with Crippen LogP contribution >= 0.6 is 0 Å². The number of nitrogens with zero attached hydrogens (tertiary/aromatic N) is 3. The molecule has 1 aliphatic heterocycles. The van der Waals surface area contributed by atoms with Crippen molar-refractivity contribution in [1.82, 2.24) is 14.9 Å². The number of aryl methyl sites for hydroxylation is 1. The van der Waals surface area contributed by atoms with Crippen molar-refractivity contribution >= 4 is 22.8 Å². The lowest BCUT2D eigenvalue weighted by Crippen LogP contribution is -2.42. The van der Waals surface area contributed by atoms with Gasteiger partial charge in [0.1, 0.15) is 35.6 Å². The second-order valence-corrected chi connectivity index (χ2v) is 8.68. The minimum absolute atomic E-state index is 0.00733. The van der Waals surface area contributed by atoms with Crippen LogP contribution in [0.1, 0.15) is 48.7 Å². The molecule has 0 radical (unpaired) electrons. The van der Waals surface area contributed by atoms with Gasteiger partial charge in [0.05, 0.1) is 10.9 Å². The smallest absolute Gasteiger partial charge is 0.258 e. The summed E-state index contributed by atoms with van der Waals surface area (Å²) in [6.45, 7) is 5.08. The maximum Gasteiger partial charge on any atom is 0.258 e. The number of hydrogen-bond acceptors (Lipinski definition) is 6. The monoisotopic (exact) mass is 424 g/mol. The topological polar surface area (TPSA) is 80.5 Å². The lowest BCUT2D eigenvalue weighted by molar-refractivity contribution is 0.0595. The van der Waals surface area contributed by atoms with Gasteiger partial charge in [0.25, 0.3) is 5.91 Å². The van der Waals surface area contributed by atoms with Crippen LogP contribution in [0.5, 0.6) is 5.75 Å². The fraction of sp³-hybridized carbons (Fsp3) is 0.435. The predicted molar refractivity (Wildman–Crippen MR) is 114 cm³/mol. The molecule has 5 rings (SSSR count). The summed E-state index contributed by atoms with van der Waals surface area (Å²) in [5.41, 5.74) is 0.973. The van der Waals surface area contributed by atoms with Crippen LogP contribution in [0.3, 0.4) is 0 Å². The van der Waals surface area contributed by atoms with E-state index >= 15 is 0 Å². The third-order valence-electron chi connectivity index (χ3n) is 6.14. The minimum Gasteiger partial charge on any atom is -0.490 e. The van der Waals surface area contributed by atoms with Crippen molar-refractivity contribution in [2.45, 2.75) is 51.2 Å². The SMILES string of the molecule is Cc1oc2ncnc(NC3(C)CC3)c2c1C(=O)N1CCC(Oc2ccc(F)cc2)CC1. The number of halogens is 1. The maximum atomic E-state index is 13.4. The third kappa shape index (κ3) is 3.94. The molecule has 31 heavy (non-hydrogen) atoms. The molecule has 2 aromatic heterocycles. The Morgan fingerprint density at radius 2 is 1.94 bits per heavy atom. The van der Waals surface area contributed by atoms with Crippen LogP contribution in [0.4, 0.5) is 10.2 Å². The van der Waals surface area contributed by atoms with Gasteiger partial charge in [0.15, 0.2) is 0 Å². The molecule has 0 unspecified atom stereocenters. The summed E-state index contributed by atoms with van der Waals surface area (Å²) >= 11 is 0.